The zero-order valence-corrected chi connectivity index (χ0v) is 15.8. The summed E-state index contributed by atoms with van der Waals surface area (Å²) in [6, 6.07) is 13.3. The van der Waals surface area contributed by atoms with Crippen molar-refractivity contribution in [3.8, 4) is 0 Å². The first-order valence-corrected chi connectivity index (χ1v) is 10.2. The topological polar surface area (TPSA) is 69.3 Å². The summed E-state index contributed by atoms with van der Waals surface area (Å²) in [6.45, 7) is 6.08. The van der Waals surface area contributed by atoms with Crippen molar-refractivity contribution in [1.29, 1.82) is 0 Å². The van der Waals surface area contributed by atoms with Gasteiger partial charge in [-0.1, -0.05) is 18.2 Å². The van der Waals surface area contributed by atoms with E-state index in [0.717, 1.165) is 28.1 Å². The van der Waals surface area contributed by atoms with Crippen molar-refractivity contribution in [3.05, 3.63) is 53.9 Å². The molecule has 136 valence electrons. The van der Waals surface area contributed by atoms with E-state index in [2.05, 4.69) is 20.9 Å². The Hall–Kier alpha value is -2.38. The second-order valence-electron chi connectivity index (χ2n) is 6.68. The predicted octanol–water partition coefficient (Wildman–Crippen LogP) is 2.69. The van der Waals surface area contributed by atoms with Crippen molar-refractivity contribution in [2.24, 2.45) is 0 Å². The lowest BCUT2D eigenvalue weighted by Crippen LogP contribution is -2.48. The van der Waals surface area contributed by atoms with Gasteiger partial charge in [0, 0.05) is 31.9 Å². The van der Waals surface area contributed by atoms with Gasteiger partial charge in [-0.15, -0.1) is 0 Å². The van der Waals surface area contributed by atoms with E-state index in [-0.39, 0.29) is 0 Å². The summed E-state index contributed by atoms with van der Waals surface area (Å²) in [4.78, 5) is 10.3. The molecule has 7 heteroatoms. The Morgan fingerprint density at radius 2 is 1.73 bits per heavy atom. The number of piperazine rings is 1. The largest absolute Gasteiger partial charge is 0.369 e. The molecule has 0 radical (unpaired) electrons. The quantitative estimate of drug-likeness (QED) is 0.770. The molecule has 6 nitrogen and oxygen atoms in total. The lowest BCUT2D eigenvalue weighted by atomic mass is 10.2. The smallest absolute Gasteiger partial charge is 0.243 e. The minimum Gasteiger partial charge on any atom is -0.369 e. The third-order valence-electron chi connectivity index (χ3n) is 4.90. The number of benzene rings is 2. The van der Waals surface area contributed by atoms with Gasteiger partial charge in [-0.25, -0.2) is 13.4 Å². The molecule has 0 amide bonds. The van der Waals surface area contributed by atoms with Gasteiger partial charge >= 0.3 is 0 Å². The van der Waals surface area contributed by atoms with E-state index in [9.17, 15) is 8.42 Å². The van der Waals surface area contributed by atoms with Crippen LogP contribution in [-0.2, 0) is 10.0 Å². The average molecular weight is 370 g/mol. The van der Waals surface area contributed by atoms with Crippen LogP contribution < -0.4 is 4.90 Å². The van der Waals surface area contributed by atoms with Crippen molar-refractivity contribution < 1.29 is 8.42 Å². The Balaban J connectivity index is 1.52. The number of aryl methyl sites for hydroxylation is 2. The van der Waals surface area contributed by atoms with Gasteiger partial charge in [-0.2, -0.15) is 4.31 Å². The summed E-state index contributed by atoms with van der Waals surface area (Å²) in [5.74, 6) is 0.895. The number of sulfonamides is 1. The van der Waals surface area contributed by atoms with Crippen molar-refractivity contribution >= 4 is 26.7 Å². The molecule has 0 unspecified atom stereocenters. The van der Waals surface area contributed by atoms with Crippen LogP contribution >= 0.6 is 0 Å². The first-order valence-electron chi connectivity index (χ1n) is 8.72. The Bertz CT molecular complexity index is 1050. The predicted molar refractivity (Wildman–Crippen MR) is 103 cm³/mol. The monoisotopic (exact) mass is 370 g/mol. The fourth-order valence-corrected chi connectivity index (χ4v) is 5.14. The van der Waals surface area contributed by atoms with Gasteiger partial charge < -0.3 is 9.88 Å². The highest BCUT2D eigenvalue weighted by molar-refractivity contribution is 7.89. The van der Waals surface area contributed by atoms with Gasteiger partial charge in [0.25, 0.3) is 0 Å². The zero-order chi connectivity index (χ0) is 18.3. The van der Waals surface area contributed by atoms with Crippen molar-refractivity contribution in [2.45, 2.75) is 18.7 Å². The normalized spacial score (nSPS) is 16.3. The van der Waals surface area contributed by atoms with Gasteiger partial charge in [0.05, 0.1) is 15.9 Å². The number of nitrogens with zero attached hydrogens (tertiary/aromatic N) is 3. The molecule has 1 saturated heterocycles. The Morgan fingerprint density at radius 3 is 2.46 bits per heavy atom. The fourth-order valence-electron chi connectivity index (χ4n) is 3.49. The maximum atomic E-state index is 12.9. The van der Waals surface area contributed by atoms with Crippen LogP contribution in [0.15, 0.2) is 47.4 Å². The molecular formula is C19H22N4O2S. The van der Waals surface area contributed by atoms with Crippen molar-refractivity contribution in [3.63, 3.8) is 0 Å². The highest BCUT2D eigenvalue weighted by atomic mass is 32.2. The molecule has 3 aromatic rings. The zero-order valence-electron chi connectivity index (χ0n) is 14.9. The standard InChI is InChI=1S/C19H22N4O2S/c1-14-5-3-4-6-19(14)26(24,25)23-11-9-22(10-12-23)16-7-8-17-18(13-16)21-15(2)20-17/h3-8,13H,9-12H2,1-2H3,(H,20,21). The number of hydrogen-bond acceptors (Lipinski definition) is 4. The summed E-state index contributed by atoms with van der Waals surface area (Å²) < 4.78 is 27.4. The lowest BCUT2D eigenvalue weighted by Gasteiger charge is -2.35. The van der Waals surface area contributed by atoms with Gasteiger partial charge in [0.2, 0.25) is 10.0 Å². The van der Waals surface area contributed by atoms with Crippen molar-refractivity contribution in [1.82, 2.24) is 14.3 Å². The minimum atomic E-state index is -3.44. The Morgan fingerprint density at radius 1 is 1.00 bits per heavy atom. The molecule has 0 saturated carbocycles. The maximum absolute atomic E-state index is 12.9. The highest BCUT2D eigenvalue weighted by Gasteiger charge is 2.29. The van der Waals surface area contributed by atoms with Crippen LogP contribution in [0.2, 0.25) is 0 Å². The number of imidazole rings is 1. The van der Waals surface area contributed by atoms with E-state index >= 15 is 0 Å². The maximum Gasteiger partial charge on any atom is 0.243 e. The van der Waals surface area contributed by atoms with E-state index in [0.29, 0.717) is 31.1 Å². The van der Waals surface area contributed by atoms with Crippen LogP contribution in [0.5, 0.6) is 0 Å². The summed E-state index contributed by atoms with van der Waals surface area (Å²) in [5, 5.41) is 0. The number of rotatable bonds is 3. The van der Waals surface area contributed by atoms with Crippen LogP contribution in [0.25, 0.3) is 11.0 Å². The molecule has 26 heavy (non-hydrogen) atoms. The Labute approximate surface area is 153 Å². The van der Waals surface area contributed by atoms with Gasteiger partial charge in [0.15, 0.2) is 0 Å². The van der Waals surface area contributed by atoms with Crippen LogP contribution in [0.4, 0.5) is 5.69 Å². The molecule has 2 heterocycles. The molecule has 2 aromatic carbocycles. The number of H-pyrrole nitrogens is 1. The third kappa shape index (κ3) is 2.97. The van der Waals surface area contributed by atoms with E-state index in [1.54, 1.807) is 16.4 Å². The molecule has 1 aliphatic rings. The molecule has 0 atom stereocenters. The van der Waals surface area contributed by atoms with E-state index in [1.165, 1.54) is 0 Å². The molecule has 0 bridgehead atoms. The molecule has 1 aliphatic heterocycles. The molecule has 1 aromatic heterocycles. The average Bonchev–Trinajstić information content (AvgIpc) is 3.01. The molecule has 0 aliphatic carbocycles. The van der Waals surface area contributed by atoms with Crippen LogP contribution in [0, 0.1) is 13.8 Å². The van der Waals surface area contributed by atoms with Gasteiger partial charge in [-0.05, 0) is 43.7 Å². The second kappa shape index (κ2) is 6.41. The van der Waals surface area contributed by atoms with E-state index in [1.807, 2.05) is 38.1 Å². The summed E-state index contributed by atoms with van der Waals surface area (Å²) in [6.07, 6.45) is 0. The van der Waals surface area contributed by atoms with Gasteiger partial charge in [-0.3, -0.25) is 0 Å². The van der Waals surface area contributed by atoms with Crippen LogP contribution in [-0.4, -0.2) is 48.9 Å². The second-order valence-corrected chi connectivity index (χ2v) is 8.59. The molecule has 1 N–H and O–H groups in total. The molecular weight excluding hydrogens is 348 g/mol. The lowest BCUT2D eigenvalue weighted by molar-refractivity contribution is 0.384. The number of aromatic nitrogens is 2. The summed E-state index contributed by atoms with van der Waals surface area (Å²) in [7, 11) is -3.44. The summed E-state index contributed by atoms with van der Waals surface area (Å²) >= 11 is 0. The Kier molecular flexibility index (Phi) is 4.20. The number of fused-ring (bicyclic) bond motifs is 1. The summed E-state index contributed by atoms with van der Waals surface area (Å²) in [5.41, 5.74) is 3.84. The number of hydrogen-bond donors (Lipinski definition) is 1. The highest BCUT2D eigenvalue weighted by Crippen LogP contribution is 2.25. The van der Waals surface area contributed by atoms with Crippen molar-refractivity contribution in [2.75, 3.05) is 31.1 Å². The van der Waals surface area contributed by atoms with E-state index in [4.69, 9.17) is 0 Å². The SMILES string of the molecule is Cc1nc2ccc(N3CCN(S(=O)(=O)c4ccccc4C)CC3)cc2[nH]1. The van der Waals surface area contributed by atoms with Crippen LogP contribution in [0.3, 0.4) is 0 Å². The van der Waals surface area contributed by atoms with Gasteiger partial charge in [0.1, 0.15) is 5.82 Å². The number of anilines is 1. The minimum absolute atomic E-state index is 0.405. The third-order valence-corrected chi connectivity index (χ3v) is 6.96. The molecule has 0 spiro atoms. The molecule has 4 rings (SSSR count). The fraction of sp³-hybridized carbons (Fsp3) is 0.316. The first kappa shape index (κ1) is 17.1. The van der Waals surface area contributed by atoms with Crippen LogP contribution in [0.1, 0.15) is 11.4 Å². The number of aromatic amines is 1. The number of nitrogens with one attached hydrogen (secondary N) is 1. The first-order chi connectivity index (χ1) is 12.4. The molecule has 1 fully saturated rings. The van der Waals surface area contributed by atoms with E-state index < -0.39 is 10.0 Å².